The van der Waals surface area contributed by atoms with E-state index >= 15 is 0 Å². The van der Waals surface area contributed by atoms with E-state index in [2.05, 4.69) is 19.7 Å². The number of hydrogen-bond acceptors (Lipinski definition) is 7. The highest BCUT2D eigenvalue weighted by molar-refractivity contribution is 7.10. The maximum Gasteiger partial charge on any atom is 0.425 e. The van der Waals surface area contributed by atoms with Gasteiger partial charge in [-0.3, -0.25) is 0 Å². The molecule has 0 radical (unpaired) electrons. The average molecular weight is 367 g/mol. The van der Waals surface area contributed by atoms with Crippen molar-refractivity contribution in [2.24, 2.45) is 10.7 Å². The van der Waals surface area contributed by atoms with Crippen molar-refractivity contribution in [2.45, 2.75) is 31.2 Å². The van der Waals surface area contributed by atoms with E-state index in [1.54, 1.807) is 18.4 Å². The summed E-state index contributed by atoms with van der Waals surface area (Å²) in [5, 5.41) is 10.5. The number of nitrogens with zero attached hydrogens (tertiary/aromatic N) is 4. The van der Waals surface area contributed by atoms with E-state index < -0.39 is 23.8 Å². The first-order valence-corrected chi connectivity index (χ1v) is 7.99. The number of amidine groups is 1. The van der Waals surface area contributed by atoms with Crippen LogP contribution in [0.5, 0.6) is 0 Å². The Balaban J connectivity index is 1.92. The summed E-state index contributed by atoms with van der Waals surface area (Å²) in [5.41, 5.74) is 5.71. The van der Waals surface area contributed by atoms with Gasteiger partial charge in [0.1, 0.15) is 11.6 Å². The topological polar surface area (TPSA) is 97.2 Å². The standard InChI is InChI=1S/C15H12F3N5OS/c1-14(3-10(15(16,17)18)24-13(20)23-14)11-2-8(7-25-11)9-5-21-12(4-19)22-6-9/h2,5-7,10H,3H2,1H3,(H2,20,23). The van der Waals surface area contributed by atoms with Crippen LogP contribution in [0, 0.1) is 11.3 Å². The van der Waals surface area contributed by atoms with Gasteiger partial charge in [0, 0.05) is 29.3 Å². The number of nitriles is 1. The summed E-state index contributed by atoms with van der Waals surface area (Å²) in [4.78, 5) is 12.5. The Morgan fingerprint density at radius 1 is 1.36 bits per heavy atom. The predicted molar refractivity (Wildman–Crippen MR) is 84.6 cm³/mol. The molecule has 0 spiro atoms. The second kappa shape index (κ2) is 6.00. The quantitative estimate of drug-likeness (QED) is 0.880. The molecule has 3 rings (SSSR count). The van der Waals surface area contributed by atoms with E-state index in [1.807, 2.05) is 6.07 Å². The highest BCUT2D eigenvalue weighted by atomic mass is 32.1. The summed E-state index contributed by atoms with van der Waals surface area (Å²) < 4.78 is 43.8. The molecule has 0 saturated heterocycles. The third-order valence-corrected chi connectivity index (χ3v) is 4.97. The van der Waals surface area contributed by atoms with Crippen LogP contribution in [0.15, 0.2) is 28.8 Å². The molecule has 0 bridgehead atoms. The molecule has 0 aromatic carbocycles. The van der Waals surface area contributed by atoms with Gasteiger partial charge < -0.3 is 10.5 Å². The van der Waals surface area contributed by atoms with Crippen molar-refractivity contribution in [1.29, 1.82) is 5.26 Å². The molecule has 0 fully saturated rings. The number of ether oxygens (including phenoxy) is 1. The molecule has 0 saturated carbocycles. The van der Waals surface area contributed by atoms with Gasteiger partial charge >= 0.3 is 6.18 Å². The zero-order valence-electron chi connectivity index (χ0n) is 12.9. The Kier molecular flexibility index (Phi) is 4.12. The molecule has 1 aliphatic heterocycles. The summed E-state index contributed by atoms with van der Waals surface area (Å²) in [6.45, 7) is 1.59. The lowest BCUT2D eigenvalue weighted by molar-refractivity contribution is -0.208. The van der Waals surface area contributed by atoms with Gasteiger partial charge in [-0.15, -0.1) is 11.3 Å². The van der Waals surface area contributed by atoms with Crippen molar-refractivity contribution >= 4 is 17.4 Å². The molecule has 10 heteroatoms. The van der Waals surface area contributed by atoms with E-state index in [0.717, 1.165) is 5.56 Å². The molecule has 6 nitrogen and oxygen atoms in total. The first kappa shape index (κ1) is 17.2. The monoisotopic (exact) mass is 367 g/mol. The Labute approximate surface area is 144 Å². The van der Waals surface area contributed by atoms with E-state index in [0.29, 0.717) is 10.4 Å². The summed E-state index contributed by atoms with van der Waals surface area (Å²) in [6, 6.07) is 3.07. The van der Waals surface area contributed by atoms with Crippen LogP contribution in [0.4, 0.5) is 13.2 Å². The summed E-state index contributed by atoms with van der Waals surface area (Å²) in [6.07, 6.45) is -3.91. The second-order valence-electron chi connectivity index (χ2n) is 5.68. The summed E-state index contributed by atoms with van der Waals surface area (Å²) in [5.74, 6) is 0.0426. The van der Waals surface area contributed by atoms with Crippen molar-refractivity contribution in [3.8, 4) is 17.2 Å². The lowest BCUT2D eigenvalue weighted by atomic mass is 9.91. The minimum atomic E-state index is -4.52. The number of nitrogens with two attached hydrogens (primary N) is 1. The number of thiophene rings is 1. The molecule has 3 heterocycles. The van der Waals surface area contributed by atoms with Crippen molar-refractivity contribution in [2.75, 3.05) is 0 Å². The van der Waals surface area contributed by atoms with E-state index in [1.165, 1.54) is 23.7 Å². The molecule has 0 aliphatic carbocycles. The number of alkyl halides is 3. The number of aromatic nitrogens is 2. The fraction of sp³-hybridized carbons (Fsp3) is 0.333. The van der Waals surface area contributed by atoms with Crippen LogP contribution in [-0.2, 0) is 10.3 Å². The molecule has 0 amide bonds. The van der Waals surface area contributed by atoms with Gasteiger partial charge in [0.2, 0.25) is 5.82 Å². The van der Waals surface area contributed by atoms with Gasteiger partial charge in [0.15, 0.2) is 6.10 Å². The normalized spacial score (nSPS) is 23.5. The Morgan fingerprint density at radius 2 is 2.04 bits per heavy atom. The number of halogens is 3. The molecule has 2 atom stereocenters. The van der Waals surface area contributed by atoms with Gasteiger partial charge in [-0.1, -0.05) is 0 Å². The number of rotatable bonds is 2. The first-order chi connectivity index (χ1) is 11.7. The fourth-order valence-corrected chi connectivity index (χ4v) is 3.54. The zero-order chi connectivity index (χ0) is 18.2. The van der Waals surface area contributed by atoms with Crippen LogP contribution in [0.2, 0.25) is 0 Å². The molecular weight excluding hydrogens is 355 g/mol. The molecule has 1 aliphatic rings. The average Bonchev–Trinajstić information content (AvgIpc) is 3.04. The Hall–Kier alpha value is -2.67. The molecule has 2 aromatic rings. The fourth-order valence-electron chi connectivity index (χ4n) is 2.51. The van der Waals surface area contributed by atoms with E-state index in [-0.39, 0.29) is 12.2 Å². The van der Waals surface area contributed by atoms with Gasteiger partial charge in [-0.2, -0.15) is 18.4 Å². The molecule has 2 aromatic heterocycles. The van der Waals surface area contributed by atoms with Crippen LogP contribution in [0.1, 0.15) is 24.0 Å². The molecule has 130 valence electrons. The molecule has 2 N–H and O–H groups in total. The SMILES string of the molecule is CC1(c2cc(-c3cnc(C#N)nc3)cs2)CC(C(F)(F)F)OC(N)=N1. The second-order valence-corrected chi connectivity index (χ2v) is 6.59. The van der Waals surface area contributed by atoms with Crippen LogP contribution in [-0.4, -0.2) is 28.3 Å². The lowest BCUT2D eigenvalue weighted by Gasteiger charge is -2.34. The third kappa shape index (κ3) is 3.41. The van der Waals surface area contributed by atoms with Crippen molar-refractivity contribution < 1.29 is 17.9 Å². The predicted octanol–water partition coefficient (Wildman–Crippen LogP) is 2.96. The highest BCUT2D eigenvalue weighted by Crippen LogP contribution is 2.43. The largest absolute Gasteiger partial charge is 0.452 e. The number of aliphatic imine (C=N–C) groups is 1. The van der Waals surface area contributed by atoms with E-state index in [9.17, 15) is 13.2 Å². The number of hydrogen-bond donors (Lipinski definition) is 1. The lowest BCUT2D eigenvalue weighted by Crippen LogP contribution is -2.45. The van der Waals surface area contributed by atoms with Crippen molar-refractivity contribution in [1.82, 2.24) is 9.97 Å². The van der Waals surface area contributed by atoms with Gasteiger partial charge in [-0.25, -0.2) is 15.0 Å². The smallest absolute Gasteiger partial charge is 0.425 e. The maximum absolute atomic E-state index is 13.0. The molecule has 25 heavy (non-hydrogen) atoms. The van der Waals surface area contributed by atoms with Crippen LogP contribution < -0.4 is 5.73 Å². The van der Waals surface area contributed by atoms with Crippen LogP contribution in [0.25, 0.3) is 11.1 Å². The first-order valence-electron chi connectivity index (χ1n) is 7.11. The minimum absolute atomic E-state index is 0.0426. The van der Waals surface area contributed by atoms with Gasteiger partial charge in [0.05, 0.1) is 0 Å². The van der Waals surface area contributed by atoms with E-state index in [4.69, 9.17) is 11.0 Å². The van der Waals surface area contributed by atoms with Crippen molar-refractivity contribution in [3.05, 3.63) is 34.5 Å². The van der Waals surface area contributed by atoms with Crippen molar-refractivity contribution in [3.63, 3.8) is 0 Å². The zero-order valence-corrected chi connectivity index (χ0v) is 13.7. The highest BCUT2D eigenvalue weighted by Gasteiger charge is 2.49. The Morgan fingerprint density at radius 3 is 2.64 bits per heavy atom. The summed E-state index contributed by atoms with van der Waals surface area (Å²) >= 11 is 1.27. The van der Waals surface area contributed by atoms with Gasteiger partial charge in [0.25, 0.3) is 6.02 Å². The molecular formula is C15H12F3N5OS. The maximum atomic E-state index is 13.0. The van der Waals surface area contributed by atoms with Gasteiger partial charge in [-0.05, 0) is 23.9 Å². The Bertz CT molecular complexity index is 855. The minimum Gasteiger partial charge on any atom is -0.452 e. The summed E-state index contributed by atoms with van der Waals surface area (Å²) in [7, 11) is 0. The third-order valence-electron chi connectivity index (χ3n) is 3.78. The van der Waals surface area contributed by atoms with Crippen LogP contribution in [0.3, 0.4) is 0 Å². The molecule has 2 unspecified atom stereocenters. The van der Waals surface area contributed by atoms with Crippen LogP contribution >= 0.6 is 11.3 Å².